The molecule has 0 saturated carbocycles. The van der Waals surface area contributed by atoms with Crippen molar-refractivity contribution in [3.63, 3.8) is 0 Å². The highest BCUT2D eigenvalue weighted by Crippen LogP contribution is 2.31. The second-order valence-corrected chi connectivity index (χ2v) is 7.90. The number of aliphatic hydroxyl groups is 4. The van der Waals surface area contributed by atoms with Gasteiger partial charge in [-0.05, 0) is 4.92 Å². The monoisotopic (exact) mass is 447 g/mol. The van der Waals surface area contributed by atoms with E-state index in [9.17, 15) is 40.4 Å². The first-order valence-corrected chi connectivity index (χ1v) is 9.78. The Morgan fingerprint density at radius 2 is 1.97 bits per heavy atom. The molecule has 0 spiro atoms. The summed E-state index contributed by atoms with van der Waals surface area (Å²) in [5.74, 6) is -1.46. The number of aromatic nitrogens is 2. The molecule has 2 aliphatic heterocycles. The van der Waals surface area contributed by atoms with Crippen molar-refractivity contribution in [3.8, 4) is 0 Å². The Morgan fingerprint density at radius 1 is 1.32 bits per heavy atom. The van der Waals surface area contributed by atoms with Gasteiger partial charge in [0.05, 0.1) is 13.2 Å². The SMILES string of the molecule is Cc1ncc([N+](=O)[O-])n1C[C@@H](O)C[N+]1([C@@H]2O[C@H](C(=O)O)[C@@H](O)[C@H](O)[C@H]2O)CCOCC1. The van der Waals surface area contributed by atoms with Crippen molar-refractivity contribution in [1.29, 1.82) is 0 Å². The van der Waals surface area contributed by atoms with Crippen LogP contribution in [0.2, 0.25) is 0 Å². The number of quaternary nitrogens is 1. The molecule has 31 heavy (non-hydrogen) atoms. The van der Waals surface area contributed by atoms with E-state index >= 15 is 0 Å². The maximum absolute atomic E-state index is 11.5. The van der Waals surface area contributed by atoms with Gasteiger partial charge in [0.1, 0.15) is 50.7 Å². The third-order valence-corrected chi connectivity index (χ3v) is 5.92. The second kappa shape index (κ2) is 9.12. The molecule has 14 nitrogen and oxygen atoms in total. The number of aliphatic hydroxyl groups excluding tert-OH is 4. The van der Waals surface area contributed by atoms with Crippen molar-refractivity contribution < 1.29 is 49.2 Å². The zero-order valence-electron chi connectivity index (χ0n) is 16.9. The van der Waals surface area contributed by atoms with Crippen LogP contribution >= 0.6 is 0 Å². The molecular weight excluding hydrogens is 420 g/mol. The molecule has 0 bridgehead atoms. The smallest absolute Gasteiger partial charge is 0.342 e. The van der Waals surface area contributed by atoms with Crippen molar-refractivity contribution in [2.24, 2.45) is 0 Å². The molecular formula is C17H27N4O10+. The minimum Gasteiger partial charge on any atom is -0.479 e. The molecule has 3 heterocycles. The van der Waals surface area contributed by atoms with Crippen LogP contribution in [-0.4, -0.2) is 120 Å². The molecule has 0 amide bonds. The quantitative estimate of drug-likeness (QED) is 0.164. The summed E-state index contributed by atoms with van der Waals surface area (Å²) >= 11 is 0. The number of nitro groups is 1. The van der Waals surface area contributed by atoms with Gasteiger partial charge in [0.2, 0.25) is 6.23 Å². The van der Waals surface area contributed by atoms with E-state index in [2.05, 4.69) is 4.98 Å². The highest BCUT2D eigenvalue weighted by Gasteiger charge is 2.56. The third-order valence-electron chi connectivity index (χ3n) is 5.92. The number of aliphatic carboxylic acids is 1. The van der Waals surface area contributed by atoms with Crippen molar-refractivity contribution in [3.05, 3.63) is 22.1 Å². The number of rotatable bonds is 7. The van der Waals surface area contributed by atoms with Gasteiger partial charge in [-0.15, -0.1) is 0 Å². The molecule has 0 radical (unpaired) electrons. The lowest BCUT2D eigenvalue weighted by Crippen LogP contribution is -2.73. The molecule has 0 aromatic carbocycles. The number of carbonyl (C=O) groups is 1. The van der Waals surface area contributed by atoms with E-state index < -0.39 is 47.6 Å². The number of hydrogen-bond acceptors (Lipinski definition) is 10. The van der Waals surface area contributed by atoms with E-state index in [0.29, 0.717) is 5.82 Å². The average Bonchev–Trinajstić information content (AvgIpc) is 3.07. The standard InChI is InChI=1S/C17H26N4O10/c1-9-18-6-11(20(28)29)19(9)7-10(22)8-21(2-4-30-5-3-21)16-14(25)12(23)13(24)15(31-16)17(26)27/h6,10,12-16,22-25H,2-5,7-8H2,1H3/p+1/t10-,12+,13+,14-,15+,16-/m1/s1. The molecule has 2 aliphatic rings. The lowest BCUT2D eigenvalue weighted by atomic mass is 9.95. The molecule has 2 saturated heterocycles. The van der Waals surface area contributed by atoms with E-state index in [1.165, 1.54) is 4.57 Å². The van der Waals surface area contributed by atoms with Gasteiger partial charge in [-0.2, -0.15) is 0 Å². The molecule has 1 aromatic rings. The summed E-state index contributed by atoms with van der Waals surface area (Å²) in [6.07, 6.45) is -8.33. The molecule has 0 unspecified atom stereocenters. The van der Waals surface area contributed by atoms with Gasteiger partial charge in [0, 0.05) is 6.92 Å². The first-order valence-electron chi connectivity index (χ1n) is 9.78. The fourth-order valence-electron chi connectivity index (χ4n) is 4.28. The van der Waals surface area contributed by atoms with Crippen LogP contribution in [0, 0.1) is 17.0 Å². The first kappa shape index (κ1) is 23.5. The van der Waals surface area contributed by atoms with Gasteiger partial charge in [-0.1, -0.05) is 0 Å². The fourth-order valence-corrected chi connectivity index (χ4v) is 4.28. The highest BCUT2D eigenvalue weighted by molar-refractivity contribution is 5.73. The number of carboxylic acids is 1. The Morgan fingerprint density at radius 3 is 2.55 bits per heavy atom. The Balaban J connectivity index is 1.86. The number of imidazole rings is 1. The van der Waals surface area contributed by atoms with Crippen LogP contribution in [0.3, 0.4) is 0 Å². The van der Waals surface area contributed by atoms with Crippen LogP contribution < -0.4 is 0 Å². The Labute approximate surface area is 176 Å². The van der Waals surface area contributed by atoms with Gasteiger partial charge < -0.3 is 45.1 Å². The molecule has 3 rings (SSSR count). The Kier molecular flexibility index (Phi) is 6.90. The van der Waals surface area contributed by atoms with E-state index in [1.807, 2.05) is 0 Å². The summed E-state index contributed by atoms with van der Waals surface area (Å²) in [6, 6.07) is 0. The predicted octanol–water partition coefficient (Wildman–Crippen LogP) is -2.80. The lowest BCUT2D eigenvalue weighted by molar-refractivity contribution is -0.986. The minimum atomic E-state index is -1.83. The number of nitrogens with zero attached hydrogens (tertiary/aromatic N) is 4. The van der Waals surface area contributed by atoms with Gasteiger partial charge in [0.15, 0.2) is 18.0 Å². The number of morpholine rings is 1. The average molecular weight is 447 g/mol. The van der Waals surface area contributed by atoms with Crippen molar-refractivity contribution >= 4 is 11.8 Å². The Hall–Kier alpha value is -2.20. The topological polar surface area (TPSA) is 198 Å². The summed E-state index contributed by atoms with van der Waals surface area (Å²) < 4.78 is 12.0. The maximum atomic E-state index is 11.5. The van der Waals surface area contributed by atoms with E-state index in [0.717, 1.165) is 6.20 Å². The summed E-state index contributed by atoms with van der Waals surface area (Å²) in [5, 5.41) is 62.1. The van der Waals surface area contributed by atoms with Gasteiger partial charge >= 0.3 is 11.8 Å². The summed E-state index contributed by atoms with van der Waals surface area (Å²) in [4.78, 5) is 26.0. The Bertz CT molecular complexity index is 811. The molecule has 6 atom stereocenters. The van der Waals surface area contributed by atoms with E-state index in [-0.39, 0.29) is 49.7 Å². The highest BCUT2D eigenvalue weighted by atomic mass is 16.6. The van der Waals surface area contributed by atoms with Crippen LogP contribution in [0.15, 0.2) is 6.20 Å². The van der Waals surface area contributed by atoms with Crippen molar-refractivity contribution in [2.75, 3.05) is 32.8 Å². The summed E-state index contributed by atoms with van der Waals surface area (Å²) in [7, 11) is 0. The molecule has 5 N–H and O–H groups in total. The summed E-state index contributed by atoms with van der Waals surface area (Å²) in [6.45, 7) is 2.20. The number of aryl methyl sites for hydroxylation is 1. The van der Waals surface area contributed by atoms with Crippen molar-refractivity contribution in [2.45, 2.75) is 50.2 Å². The fraction of sp³-hybridized carbons (Fsp3) is 0.765. The molecule has 1 aromatic heterocycles. The normalized spacial score (nSPS) is 31.8. The maximum Gasteiger partial charge on any atom is 0.342 e. The van der Waals surface area contributed by atoms with Crippen LogP contribution in [0.4, 0.5) is 5.82 Å². The third kappa shape index (κ3) is 4.55. The molecule has 2 fully saturated rings. The van der Waals surface area contributed by atoms with Crippen LogP contribution in [0.25, 0.3) is 0 Å². The van der Waals surface area contributed by atoms with Gasteiger partial charge in [-0.25, -0.2) is 14.3 Å². The number of ether oxygens (including phenoxy) is 2. The lowest BCUT2D eigenvalue weighted by Gasteiger charge is -2.51. The predicted molar refractivity (Wildman–Crippen MR) is 99.6 cm³/mol. The second-order valence-electron chi connectivity index (χ2n) is 7.90. The zero-order valence-corrected chi connectivity index (χ0v) is 16.9. The number of carboxylic acid groups (broad SMARTS) is 1. The van der Waals surface area contributed by atoms with E-state index in [1.54, 1.807) is 6.92 Å². The van der Waals surface area contributed by atoms with Crippen molar-refractivity contribution in [1.82, 2.24) is 9.55 Å². The van der Waals surface area contributed by atoms with Gasteiger partial charge in [0.25, 0.3) is 0 Å². The van der Waals surface area contributed by atoms with E-state index in [4.69, 9.17) is 9.47 Å². The summed E-state index contributed by atoms with van der Waals surface area (Å²) in [5.41, 5.74) is 0. The van der Waals surface area contributed by atoms with Crippen LogP contribution in [0.5, 0.6) is 0 Å². The minimum absolute atomic E-state index is 0.0744. The van der Waals surface area contributed by atoms with Crippen LogP contribution in [0.1, 0.15) is 5.82 Å². The number of hydrogen-bond donors (Lipinski definition) is 5. The molecule has 0 aliphatic carbocycles. The zero-order chi connectivity index (χ0) is 22.9. The molecule has 14 heteroatoms. The molecule has 174 valence electrons. The van der Waals surface area contributed by atoms with Gasteiger partial charge in [-0.3, -0.25) is 4.48 Å². The first-order chi connectivity index (χ1) is 14.6. The van der Waals surface area contributed by atoms with Crippen LogP contribution in [-0.2, 0) is 20.8 Å². The largest absolute Gasteiger partial charge is 0.479 e.